The van der Waals surface area contributed by atoms with Gasteiger partial charge in [0, 0.05) is 0 Å². The van der Waals surface area contributed by atoms with Crippen molar-refractivity contribution >= 4 is 0 Å². The molecule has 1 atom stereocenters. The summed E-state index contributed by atoms with van der Waals surface area (Å²) in [7, 11) is 0. The highest BCUT2D eigenvalue weighted by atomic mass is 16.3. The molecule has 0 aliphatic carbocycles. The lowest BCUT2D eigenvalue weighted by atomic mass is 10.1. The summed E-state index contributed by atoms with van der Waals surface area (Å²) in [5.41, 5.74) is -1.37. The van der Waals surface area contributed by atoms with Gasteiger partial charge < -0.3 is 5.11 Å². The third-order valence-corrected chi connectivity index (χ3v) is 1.31. The number of rotatable bonds is 1. The Morgan fingerprint density at radius 2 is 2.36 bits per heavy atom. The van der Waals surface area contributed by atoms with E-state index < -0.39 is 5.60 Å². The first-order chi connectivity index (χ1) is 5.06. The SMILES string of the molecule is C#CC(C)(O)c1n[nH]c(C)n1. The number of aryl methyl sites for hydroxylation is 1. The molecule has 0 fully saturated rings. The molecule has 0 amide bonds. The highest BCUT2D eigenvalue weighted by Crippen LogP contribution is 2.13. The summed E-state index contributed by atoms with van der Waals surface area (Å²) in [6.45, 7) is 3.21. The van der Waals surface area contributed by atoms with Crippen LogP contribution in [0, 0.1) is 19.3 Å². The van der Waals surface area contributed by atoms with Crippen molar-refractivity contribution in [1.29, 1.82) is 0 Å². The molecule has 1 unspecified atom stereocenters. The molecule has 4 nitrogen and oxygen atoms in total. The Hall–Kier alpha value is -1.34. The molecule has 0 spiro atoms. The number of hydrogen-bond acceptors (Lipinski definition) is 3. The average molecular weight is 151 g/mol. The van der Waals surface area contributed by atoms with E-state index in [0.717, 1.165) is 0 Å². The van der Waals surface area contributed by atoms with Gasteiger partial charge >= 0.3 is 0 Å². The Bertz CT molecular complexity index is 295. The summed E-state index contributed by atoms with van der Waals surface area (Å²) < 4.78 is 0. The van der Waals surface area contributed by atoms with E-state index in [1.54, 1.807) is 6.92 Å². The Labute approximate surface area is 64.7 Å². The maximum Gasteiger partial charge on any atom is 0.194 e. The van der Waals surface area contributed by atoms with Crippen molar-refractivity contribution in [3.05, 3.63) is 11.6 Å². The molecule has 2 N–H and O–H groups in total. The van der Waals surface area contributed by atoms with Crippen LogP contribution in [0.4, 0.5) is 0 Å². The van der Waals surface area contributed by atoms with Crippen molar-refractivity contribution in [2.45, 2.75) is 19.4 Å². The molecular weight excluding hydrogens is 142 g/mol. The molecule has 1 rings (SSSR count). The lowest BCUT2D eigenvalue weighted by molar-refractivity contribution is 0.112. The summed E-state index contributed by atoms with van der Waals surface area (Å²) in [5, 5.41) is 15.7. The van der Waals surface area contributed by atoms with Gasteiger partial charge in [0.15, 0.2) is 11.4 Å². The van der Waals surface area contributed by atoms with E-state index >= 15 is 0 Å². The molecule has 0 aromatic carbocycles. The van der Waals surface area contributed by atoms with Gasteiger partial charge in [-0.3, -0.25) is 5.10 Å². The van der Waals surface area contributed by atoms with Gasteiger partial charge in [-0.15, -0.1) is 6.42 Å². The monoisotopic (exact) mass is 151 g/mol. The molecule has 0 saturated heterocycles. The second-order valence-electron chi connectivity index (χ2n) is 2.46. The predicted molar refractivity (Wildman–Crippen MR) is 39.5 cm³/mol. The van der Waals surface area contributed by atoms with Gasteiger partial charge in [-0.05, 0) is 13.8 Å². The maximum atomic E-state index is 9.43. The maximum absolute atomic E-state index is 9.43. The summed E-state index contributed by atoms with van der Waals surface area (Å²) >= 11 is 0. The standard InChI is InChI=1S/C7H9N3O/c1-4-7(3,11)6-8-5(2)9-10-6/h1,11H,2-3H3,(H,8,9,10). The lowest BCUT2D eigenvalue weighted by Crippen LogP contribution is -2.20. The molecule has 11 heavy (non-hydrogen) atoms. The Balaban J connectivity index is 3.04. The molecular formula is C7H9N3O. The van der Waals surface area contributed by atoms with Crippen LogP contribution in [-0.4, -0.2) is 20.3 Å². The fourth-order valence-corrected chi connectivity index (χ4v) is 0.625. The topological polar surface area (TPSA) is 61.8 Å². The second-order valence-corrected chi connectivity index (χ2v) is 2.46. The van der Waals surface area contributed by atoms with Crippen LogP contribution in [0.3, 0.4) is 0 Å². The van der Waals surface area contributed by atoms with E-state index in [-0.39, 0.29) is 5.82 Å². The number of H-pyrrole nitrogens is 1. The molecule has 1 aromatic heterocycles. The van der Waals surface area contributed by atoms with Gasteiger partial charge in [-0.25, -0.2) is 4.98 Å². The van der Waals surface area contributed by atoms with Crippen LogP contribution >= 0.6 is 0 Å². The van der Waals surface area contributed by atoms with Gasteiger partial charge in [0.2, 0.25) is 0 Å². The van der Waals surface area contributed by atoms with Crippen LogP contribution in [0.25, 0.3) is 0 Å². The van der Waals surface area contributed by atoms with Crippen molar-refractivity contribution in [2.24, 2.45) is 0 Å². The van der Waals surface area contributed by atoms with Crippen molar-refractivity contribution < 1.29 is 5.11 Å². The van der Waals surface area contributed by atoms with Crippen molar-refractivity contribution in [2.75, 3.05) is 0 Å². The van der Waals surface area contributed by atoms with Crippen LogP contribution in [0.1, 0.15) is 18.6 Å². The summed E-state index contributed by atoms with van der Waals surface area (Å²) in [6, 6.07) is 0. The molecule has 0 aliphatic heterocycles. The van der Waals surface area contributed by atoms with Crippen molar-refractivity contribution in [1.82, 2.24) is 15.2 Å². The van der Waals surface area contributed by atoms with Gasteiger partial charge in [0.1, 0.15) is 5.82 Å². The smallest absolute Gasteiger partial charge is 0.194 e. The van der Waals surface area contributed by atoms with Crippen LogP contribution in [0.5, 0.6) is 0 Å². The minimum Gasteiger partial charge on any atom is -0.371 e. The zero-order valence-corrected chi connectivity index (χ0v) is 6.42. The average Bonchev–Trinajstić information content (AvgIpc) is 2.36. The second kappa shape index (κ2) is 2.36. The minimum atomic E-state index is -1.37. The van der Waals surface area contributed by atoms with Gasteiger partial charge in [0.05, 0.1) is 0 Å². The number of hydrogen-bond donors (Lipinski definition) is 2. The fraction of sp³-hybridized carbons (Fsp3) is 0.429. The lowest BCUT2D eigenvalue weighted by Gasteiger charge is -2.09. The number of terminal acetylenes is 1. The number of aliphatic hydroxyl groups is 1. The van der Waals surface area contributed by atoms with E-state index in [1.807, 2.05) is 0 Å². The van der Waals surface area contributed by atoms with Gasteiger partial charge in [0.25, 0.3) is 0 Å². The van der Waals surface area contributed by atoms with Gasteiger partial charge in [-0.2, -0.15) is 5.10 Å². The van der Waals surface area contributed by atoms with Crippen LogP contribution in [-0.2, 0) is 5.60 Å². The molecule has 0 saturated carbocycles. The van der Waals surface area contributed by atoms with Crippen LogP contribution < -0.4 is 0 Å². The molecule has 58 valence electrons. The Morgan fingerprint density at radius 1 is 1.73 bits per heavy atom. The Kier molecular flexibility index (Phi) is 1.67. The molecule has 0 bridgehead atoms. The first-order valence-corrected chi connectivity index (χ1v) is 3.16. The first kappa shape index (κ1) is 7.76. The number of nitrogens with zero attached hydrogens (tertiary/aromatic N) is 2. The first-order valence-electron chi connectivity index (χ1n) is 3.16. The summed E-state index contributed by atoms with van der Waals surface area (Å²) in [6.07, 6.45) is 5.05. The zero-order chi connectivity index (χ0) is 8.48. The third kappa shape index (κ3) is 1.38. The highest BCUT2D eigenvalue weighted by Gasteiger charge is 2.24. The molecule has 0 radical (unpaired) electrons. The summed E-state index contributed by atoms with van der Waals surface area (Å²) in [5.74, 6) is 3.05. The quantitative estimate of drug-likeness (QED) is 0.553. The number of aromatic nitrogens is 3. The molecule has 0 aliphatic rings. The van der Waals surface area contributed by atoms with E-state index in [2.05, 4.69) is 21.1 Å². The normalized spacial score (nSPS) is 15.5. The molecule has 1 heterocycles. The molecule has 4 heteroatoms. The van der Waals surface area contributed by atoms with E-state index in [4.69, 9.17) is 6.42 Å². The van der Waals surface area contributed by atoms with Crippen LogP contribution in [0.15, 0.2) is 0 Å². The van der Waals surface area contributed by atoms with E-state index in [9.17, 15) is 5.11 Å². The predicted octanol–water partition coefficient (Wildman–Crippen LogP) is -0.0462. The van der Waals surface area contributed by atoms with E-state index in [1.165, 1.54) is 6.92 Å². The largest absolute Gasteiger partial charge is 0.371 e. The van der Waals surface area contributed by atoms with Gasteiger partial charge in [-0.1, -0.05) is 5.92 Å². The van der Waals surface area contributed by atoms with E-state index in [0.29, 0.717) is 5.82 Å². The minimum absolute atomic E-state index is 0.234. The zero-order valence-electron chi connectivity index (χ0n) is 6.42. The van der Waals surface area contributed by atoms with Crippen molar-refractivity contribution in [3.63, 3.8) is 0 Å². The number of nitrogens with one attached hydrogen (secondary N) is 1. The fourth-order valence-electron chi connectivity index (χ4n) is 0.625. The Morgan fingerprint density at radius 3 is 2.73 bits per heavy atom. The molecule has 1 aromatic rings. The number of aromatic amines is 1. The third-order valence-electron chi connectivity index (χ3n) is 1.31. The summed E-state index contributed by atoms with van der Waals surface area (Å²) in [4.78, 5) is 3.89. The van der Waals surface area contributed by atoms with Crippen LogP contribution in [0.2, 0.25) is 0 Å². The highest BCUT2D eigenvalue weighted by molar-refractivity contribution is 5.15. The van der Waals surface area contributed by atoms with Crippen molar-refractivity contribution in [3.8, 4) is 12.3 Å².